The van der Waals surface area contributed by atoms with E-state index in [2.05, 4.69) is 47.6 Å². The summed E-state index contributed by atoms with van der Waals surface area (Å²) in [6, 6.07) is 7.85. The van der Waals surface area contributed by atoms with Gasteiger partial charge in [-0.25, -0.2) is 9.78 Å². The summed E-state index contributed by atoms with van der Waals surface area (Å²) >= 11 is 6.88. The topological polar surface area (TPSA) is 162 Å². The molecule has 1 amide bonds. The van der Waals surface area contributed by atoms with Crippen molar-refractivity contribution in [3.05, 3.63) is 34.6 Å². The monoisotopic (exact) mass is 535 g/mol. The van der Waals surface area contributed by atoms with E-state index in [1.54, 1.807) is 19.2 Å². The van der Waals surface area contributed by atoms with Gasteiger partial charge in [0.1, 0.15) is 6.07 Å². The molecule has 1 aliphatic heterocycles. The number of hydrogen-bond acceptors (Lipinski definition) is 10. The zero-order valence-corrected chi connectivity index (χ0v) is 21.6. The number of carboxylic acid groups (broad SMARTS) is 1. The molecule has 1 aromatic carbocycles. The third-order valence-corrected chi connectivity index (χ3v) is 7.15. The zero-order chi connectivity index (χ0) is 27.0. The summed E-state index contributed by atoms with van der Waals surface area (Å²) in [6.45, 7) is 2.21. The molecule has 0 spiro atoms. The van der Waals surface area contributed by atoms with E-state index >= 15 is 0 Å². The standard InChI is InChI=1S/C24H26ClN11O2/c1-33-5-6-35(13-17(33)12-34(2)24(37)38)19-8-14(9-26)7-18(20(19)25)30-23-31-21(29-15-3-4-15)22-28-11-16(10-27)36(22)32-23/h7-8,11,15,17H,3-6,12-13H2,1-2H3,(H,37,38)(H2,29,30,31,32). The van der Waals surface area contributed by atoms with Crippen molar-refractivity contribution in [1.29, 1.82) is 10.5 Å². The number of nitrogens with zero attached hydrogens (tertiary/aromatic N) is 9. The van der Waals surface area contributed by atoms with E-state index in [1.807, 2.05) is 7.05 Å². The number of rotatable bonds is 7. The molecule has 3 heterocycles. The van der Waals surface area contributed by atoms with Crippen LogP contribution in [0.1, 0.15) is 24.1 Å². The van der Waals surface area contributed by atoms with Crippen molar-refractivity contribution in [2.45, 2.75) is 24.9 Å². The molecule has 3 aromatic rings. The molecule has 38 heavy (non-hydrogen) atoms. The molecule has 1 aliphatic carbocycles. The van der Waals surface area contributed by atoms with Crippen LogP contribution < -0.4 is 15.5 Å². The van der Waals surface area contributed by atoms with Crippen LogP contribution in [0.25, 0.3) is 5.65 Å². The molecule has 0 bridgehead atoms. The summed E-state index contributed by atoms with van der Waals surface area (Å²) in [5, 5.41) is 39.8. The van der Waals surface area contributed by atoms with Crippen LogP contribution in [0.3, 0.4) is 0 Å². The number of fused-ring (bicyclic) bond motifs is 1. The van der Waals surface area contributed by atoms with Crippen molar-refractivity contribution in [3.63, 3.8) is 0 Å². The minimum Gasteiger partial charge on any atom is -0.465 e. The highest BCUT2D eigenvalue weighted by Crippen LogP contribution is 2.37. The van der Waals surface area contributed by atoms with Gasteiger partial charge in [-0.05, 0) is 32.0 Å². The molecular weight excluding hydrogens is 510 g/mol. The highest BCUT2D eigenvalue weighted by molar-refractivity contribution is 6.36. The number of piperazine rings is 1. The first kappa shape index (κ1) is 25.3. The van der Waals surface area contributed by atoms with Gasteiger partial charge in [0, 0.05) is 45.3 Å². The fourth-order valence-electron chi connectivity index (χ4n) is 4.40. The largest absolute Gasteiger partial charge is 0.465 e. The number of nitriles is 2. The number of benzene rings is 1. The van der Waals surface area contributed by atoms with Crippen LogP contribution in [0.2, 0.25) is 5.02 Å². The van der Waals surface area contributed by atoms with Crippen molar-refractivity contribution < 1.29 is 9.90 Å². The predicted octanol–water partition coefficient (Wildman–Crippen LogP) is 2.57. The average molecular weight is 536 g/mol. The van der Waals surface area contributed by atoms with Gasteiger partial charge in [-0.1, -0.05) is 11.6 Å². The third-order valence-electron chi connectivity index (χ3n) is 6.75. The Balaban J connectivity index is 1.47. The molecule has 14 heteroatoms. The van der Waals surface area contributed by atoms with E-state index in [9.17, 15) is 20.4 Å². The minimum atomic E-state index is -0.989. The molecule has 0 radical (unpaired) electrons. The van der Waals surface area contributed by atoms with Crippen LogP contribution in [0.5, 0.6) is 0 Å². The molecule has 5 rings (SSSR count). The van der Waals surface area contributed by atoms with Gasteiger partial charge < -0.3 is 25.5 Å². The highest BCUT2D eigenvalue weighted by Gasteiger charge is 2.29. The van der Waals surface area contributed by atoms with Crippen LogP contribution in [0.4, 0.5) is 27.9 Å². The molecule has 1 saturated heterocycles. The zero-order valence-electron chi connectivity index (χ0n) is 20.9. The lowest BCUT2D eigenvalue weighted by atomic mass is 10.1. The van der Waals surface area contributed by atoms with E-state index in [1.165, 1.54) is 15.6 Å². The molecular formula is C24H26ClN11O2. The first-order chi connectivity index (χ1) is 18.3. The van der Waals surface area contributed by atoms with E-state index in [0.717, 1.165) is 12.8 Å². The second kappa shape index (κ2) is 10.2. The smallest absolute Gasteiger partial charge is 0.407 e. The Morgan fingerprint density at radius 1 is 1.29 bits per heavy atom. The van der Waals surface area contributed by atoms with Crippen LogP contribution in [0.15, 0.2) is 18.3 Å². The Bertz CT molecular complexity index is 1470. The molecule has 1 atom stereocenters. The van der Waals surface area contributed by atoms with E-state index < -0.39 is 6.09 Å². The Morgan fingerprint density at radius 2 is 2.08 bits per heavy atom. The Morgan fingerprint density at radius 3 is 2.76 bits per heavy atom. The second-order valence-corrected chi connectivity index (χ2v) is 9.91. The first-order valence-electron chi connectivity index (χ1n) is 12.1. The molecule has 2 aliphatic rings. The number of imidazole rings is 1. The second-order valence-electron chi connectivity index (χ2n) is 9.53. The molecule has 2 fully saturated rings. The van der Waals surface area contributed by atoms with Crippen molar-refractivity contribution in [1.82, 2.24) is 29.4 Å². The summed E-state index contributed by atoms with van der Waals surface area (Å²) < 4.78 is 1.42. The molecule has 1 unspecified atom stereocenters. The lowest BCUT2D eigenvalue weighted by Crippen LogP contribution is -2.55. The number of likely N-dealkylation sites (N-methyl/N-ethyl adjacent to an activating group) is 2. The molecule has 13 nitrogen and oxygen atoms in total. The van der Waals surface area contributed by atoms with Crippen molar-refractivity contribution in [3.8, 4) is 12.1 Å². The summed E-state index contributed by atoms with van der Waals surface area (Å²) in [5.74, 6) is 0.696. The van der Waals surface area contributed by atoms with E-state index in [4.69, 9.17) is 11.6 Å². The van der Waals surface area contributed by atoms with Crippen molar-refractivity contribution in [2.24, 2.45) is 0 Å². The summed E-state index contributed by atoms with van der Waals surface area (Å²) in [6.07, 6.45) is 2.51. The molecule has 3 N–H and O–H groups in total. The molecule has 1 saturated carbocycles. The summed E-state index contributed by atoms with van der Waals surface area (Å²) in [4.78, 5) is 25.7. The number of aromatic nitrogens is 4. The SMILES string of the molecule is CN(CC1CN(c2cc(C#N)cc(Nc3nc(NC4CC4)c4ncc(C#N)n4n3)c2Cl)CCN1C)C(=O)O. The van der Waals surface area contributed by atoms with Gasteiger partial charge in [0.15, 0.2) is 17.2 Å². The van der Waals surface area contributed by atoms with Gasteiger partial charge in [0.05, 0.1) is 34.2 Å². The van der Waals surface area contributed by atoms with E-state index in [0.29, 0.717) is 65.6 Å². The normalized spacial score (nSPS) is 17.6. The van der Waals surface area contributed by atoms with Gasteiger partial charge in [0.2, 0.25) is 5.95 Å². The van der Waals surface area contributed by atoms with Crippen LogP contribution >= 0.6 is 11.6 Å². The Labute approximate surface area is 223 Å². The Kier molecular flexibility index (Phi) is 6.80. The maximum Gasteiger partial charge on any atom is 0.407 e. The Hall–Kier alpha value is -4.33. The molecule has 196 valence electrons. The predicted molar refractivity (Wildman–Crippen MR) is 141 cm³/mol. The van der Waals surface area contributed by atoms with E-state index in [-0.39, 0.29) is 17.7 Å². The highest BCUT2D eigenvalue weighted by atomic mass is 35.5. The summed E-state index contributed by atoms with van der Waals surface area (Å²) in [7, 11) is 3.51. The number of hydrogen-bond donors (Lipinski definition) is 3. The average Bonchev–Trinajstić information content (AvgIpc) is 3.62. The number of nitrogens with one attached hydrogen (secondary N) is 2. The summed E-state index contributed by atoms with van der Waals surface area (Å²) in [5.41, 5.74) is 2.20. The fraction of sp³-hybridized carbons (Fsp3) is 0.417. The van der Waals surface area contributed by atoms with Gasteiger partial charge in [0.25, 0.3) is 0 Å². The van der Waals surface area contributed by atoms with Gasteiger partial charge in [-0.15, -0.1) is 5.10 Å². The van der Waals surface area contributed by atoms with Gasteiger partial charge >= 0.3 is 6.09 Å². The van der Waals surface area contributed by atoms with Crippen LogP contribution in [0, 0.1) is 22.7 Å². The minimum absolute atomic E-state index is 0.0597. The lowest BCUT2D eigenvalue weighted by molar-refractivity contribution is 0.129. The first-order valence-corrected chi connectivity index (χ1v) is 12.5. The fourth-order valence-corrected chi connectivity index (χ4v) is 4.68. The maximum atomic E-state index is 11.4. The number of amides is 1. The number of carbonyl (C=O) groups is 1. The number of anilines is 4. The lowest BCUT2D eigenvalue weighted by Gasteiger charge is -2.42. The van der Waals surface area contributed by atoms with Crippen LogP contribution in [-0.2, 0) is 0 Å². The molecule has 2 aromatic heterocycles. The quantitative estimate of drug-likeness (QED) is 0.407. The van der Waals surface area contributed by atoms with Gasteiger partial charge in [-0.2, -0.15) is 20.0 Å². The maximum absolute atomic E-state index is 11.4. The van der Waals surface area contributed by atoms with Crippen LogP contribution in [-0.4, -0.2) is 92.9 Å². The van der Waals surface area contributed by atoms with Crippen molar-refractivity contribution in [2.75, 3.05) is 55.8 Å². The third kappa shape index (κ3) is 5.07. The van der Waals surface area contributed by atoms with Crippen molar-refractivity contribution >= 4 is 46.5 Å². The number of halogens is 1. The van der Waals surface area contributed by atoms with Gasteiger partial charge in [-0.3, -0.25) is 4.90 Å².